The van der Waals surface area contributed by atoms with Crippen molar-refractivity contribution in [2.24, 2.45) is 0 Å². The maximum atomic E-state index is 11.8. The fraction of sp³-hybridized carbons (Fsp3) is 0.333. The normalized spacial score (nSPS) is 13.3. The zero-order valence-corrected chi connectivity index (χ0v) is 10.2. The summed E-state index contributed by atoms with van der Waals surface area (Å²) in [6, 6.07) is 9.69. The first kappa shape index (κ1) is 12.0. The minimum atomic E-state index is -1.12. The maximum absolute atomic E-state index is 11.8. The van der Waals surface area contributed by atoms with Crippen molar-refractivity contribution in [2.75, 3.05) is 0 Å². The van der Waals surface area contributed by atoms with Crippen LogP contribution >= 0.6 is 0 Å². The van der Waals surface area contributed by atoms with Gasteiger partial charge < -0.3 is 4.72 Å². The van der Waals surface area contributed by atoms with Gasteiger partial charge in [0.15, 0.2) is 0 Å². The Kier molecular flexibility index (Phi) is 3.69. The highest BCUT2D eigenvalue weighted by Crippen LogP contribution is 2.14. The van der Waals surface area contributed by atoms with Gasteiger partial charge in [0.05, 0.1) is 4.75 Å². The summed E-state index contributed by atoms with van der Waals surface area (Å²) in [5.41, 5.74) is 1.67. The van der Waals surface area contributed by atoms with Gasteiger partial charge in [-0.15, -0.1) is 0 Å². The van der Waals surface area contributed by atoms with E-state index in [1.165, 1.54) is 0 Å². The van der Waals surface area contributed by atoms with Gasteiger partial charge in [0.25, 0.3) is 0 Å². The first-order valence-electron chi connectivity index (χ1n) is 4.84. The van der Waals surface area contributed by atoms with Crippen LogP contribution in [0.2, 0.25) is 0 Å². The molecule has 1 N–H and O–H groups in total. The smallest absolute Gasteiger partial charge is 0.122 e. The standard InChI is InChI=1S/C12H17NOS/c1-10(11-8-6-5-7-9-11)13-15(14)12(2,3)4/h5-9,13H,1H2,2-4H3. The van der Waals surface area contributed by atoms with Crippen LogP contribution in [0.4, 0.5) is 0 Å². The van der Waals surface area contributed by atoms with Crippen LogP contribution in [0, 0.1) is 0 Å². The summed E-state index contributed by atoms with van der Waals surface area (Å²) >= 11 is 0. The lowest BCUT2D eigenvalue weighted by Gasteiger charge is -2.19. The summed E-state index contributed by atoms with van der Waals surface area (Å²) in [4.78, 5) is 0. The molecule has 0 saturated carbocycles. The summed E-state index contributed by atoms with van der Waals surface area (Å²) in [7, 11) is -1.12. The highest BCUT2D eigenvalue weighted by Gasteiger charge is 2.19. The minimum absolute atomic E-state index is 0.280. The molecule has 1 rings (SSSR count). The SMILES string of the molecule is C=C(NS(=O)C(C)(C)C)c1ccccc1. The molecule has 0 fully saturated rings. The zero-order chi connectivity index (χ0) is 11.5. The van der Waals surface area contributed by atoms with Crippen LogP contribution in [-0.2, 0) is 11.0 Å². The molecule has 0 heterocycles. The molecule has 0 bridgehead atoms. The molecule has 0 amide bonds. The average molecular weight is 223 g/mol. The van der Waals surface area contributed by atoms with E-state index in [0.29, 0.717) is 5.70 Å². The molecule has 3 heteroatoms. The van der Waals surface area contributed by atoms with Gasteiger partial charge in [0.2, 0.25) is 0 Å². The van der Waals surface area contributed by atoms with E-state index in [9.17, 15) is 4.21 Å². The Morgan fingerprint density at radius 2 is 1.80 bits per heavy atom. The molecule has 0 aliphatic rings. The van der Waals surface area contributed by atoms with E-state index >= 15 is 0 Å². The van der Waals surface area contributed by atoms with E-state index in [2.05, 4.69) is 11.3 Å². The molecule has 0 radical (unpaired) electrons. The molecule has 0 saturated heterocycles. The summed E-state index contributed by atoms with van der Waals surface area (Å²) in [5.74, 6) is 0. The molecule has 1 atom stereocenters. The molecular weight excluding hydrogens is 206 g/mol. The van der Waals surface area contributed by atoms with Crippen LogP contribution in [0.1, 0.15) is 26.3 Å². The molecule has 2 nitrogen and oxygen atoms in total. The number of hydrogen-bond donors (Lipinski definition) is 1. The molecule has 1 unspecified atom stereocenters. The van der Waals surface area contributed by atoms with E-state index in [1.807, 2.05) is 51.1 Å². The third-order valence-electron chi connectivity index (χ3n) is 1.89. The third kappa shape index (κ3) is 3.51. The first-order chi connectivity index (χ1) is 6.91. The third-order valence-corrected chi connectivity index (χ3v) is 3.44. The highest BCUT2D eigenvalue weighted by molar-refractivity contribution is 7.84. The van der Waals surface area contributed by atoms with Crippen LogP contribution < -0.4 is 4.72 Å². The van der Waals surface area contributed by atoms with E-state index in [0.717, 1.165) is 5.56 Å². The van der Waals surface area contributed by atoms with Crippen molar-refractivity contribution in [1.82, 2.24) is 4.72 Å². The van der Waals surface area contributed by atoms with E-state index in [-0.39, 0.29) is 4.75 Å². The lowest BCUT2D eigenvalue weighted by atomic mass is 10.2. The fourth-order valence-electron chi connectivity index (χ4n) is 0.963. The Morgan fingerprint density at radius 1 is 1.27 bits per heavy atom. The molecule has 1 aromatic rings. The molecule has 82 valence electrons. The quantitative estimate of drug-likeness (QED) is 0.838. The van der Waals surface area contributed by atoms with Gasteiger partial charge in [0, 0.05) is 5.70 Å². The van der Waals surface area contributed by atoms with Gasteiger partial charge in [0.1, 0.15) is 11.0 Å². The van der Waals surface area contributed by atoms with Gasteiger partial charge in [-0.25, -0.2) is 4.21 Å². The lowest BCUT2D eigenvalue weighted by molar-refractivity contribution is 0.645. The van der Waals surface area contributed by atoms with E-state index in [4.69, 9.17) is 0 Å². The van der Waals surface area contributed by atoms with Crippen LogP contribution in [-0.4, -0.2) is 8.96 Å². The Morgan fingerprint density at radius 3 is 2.27 bits per heavy atom. The van der Waals surface area contributed by atoms with Gasteiger partial charge in [-0.1, -0.05) is 36.9 Å². The van der Waals surface area contributed by atoms with Gasteiger partial charge in [-0.2, -0.15) is 0 Å². The van der Waals surface area contributed by atoms with Crippen LogP contribution in [0.3, 0.4) is 0 Å². The second kappa shape index (κ2) is 4.62. The van der Waals surface area contributed by atoms with Crippen molar-refractivity contribution >= 4 is 16.7 Å². The Hall–Kier alpha value is -1.09. The molecule has 0 spiro atoms. The van der Waals surface area contributed by atoms with Crippen molar-refractivity contribution in [2.45, 2.75) is 25.5 Å². The van der Waals surface area contributed by atoms with Crippen molar-refractivity contribution in [3.05, 3.63) is 42.5 Å². The maximum Gasteiger partial charge on any atom is 0.122 e. The van der Waals surface area contributed by atoms with Gasteiger partial charge >= 0.3 is 0 Å². The van der Waals surface area contributed by atoms with Crippen molar-refractivity contribution in [1.29, 1.82) is 0 Å². The lowest BCUT2D eigenvalue weighted by Crippen LogP contribution is -2.32. The topological polar surface area (TPSA) is 29.1 Å². The zero-order valence-electron chi connectivity index (χ0n) is 9.41. The van der Waals surface area contributed by atoms with Crippen molar-refractivity contribution in [3.8, 4) is 0 Å². The van der Waals surface area contributed by atoms with Gasteiger partial charge in [-0.05, 0) is 26.3 Å². The van der Waals surface area contributed by atoms with Crippen molar-refractivity contribution in [3.63, 3.8) is 0 Å². The molecule has 0 aromatic heterocycles. The number of nitrogens with one attached hydrogen (secondary N) is 1. The molecule has 0 aliphatic carbocycles. The summed E-state index contributed by atoms with van der Waals surface area (Å²) < 4.78 is 14.4. The second-order valence-electron chi connectivity index (χ2n) is 4.33. The predicted octanol–water partition coefficient (Wildman–Crippen LogP) is 2.71. The van der Waals surface area contributed by atoms with Crippen LogP contribution in [0.15, 0.2) is 36.9 Å². The molecule has 0 aliphatic heterocycles. The van der Waals surface area contributed by atoms with Gasteiger partial charge in [-0.3, -0.25) is 0 Å². The summed E-state index contributed by atoms with van der Waals surface area (Å²) in [6.45, 7) is 9.65. The second-order valence-corrected chi connectivity index (χ2v) is 6.29. The molecular formula is C12H17NOS. The van der Waals surface area contributed by atoms with E-state index < -0.39 is 11.0 Å². The van der Waals surface area contributed by atoms with E-state index in [1.54, 1.807) is 0 Å². The Labute approximate surface area is 94.0 Å². The summed E-state index contributed by atoms with van der Waals surface area (Å²) in [5, 5.41) is 0. The monoisotopic (exact) mass is 223 g/mol. The minimum Gasteiger partial charge on any atom is -0.305 e. The van der Waals surface area contributed by atoms with Crippen LogP contribution in [0.5, 0.6) is 0 Å². The Balaban J connectivity index is 2.70. The number of benzene rings is 1. The first-order valence-corrected chi connectivity index (χ1v) is 5.99. The van der Waals surface area contributed by atoms with Crippen molar-refractivity contribution < 1.29 is 4.21 Å². The number of hydrogen-bond acceptors (Lipinski definition) is 1. The fourth-order valence-corrected chi connectivity index (χ4v) is 1.61. The number of rotatable bonds is 3. The summed E-state index contributed by atoms with van der Waals surface area (Å²) in [6.07, 6.45) is 0. The molecule has 15 heavy (non-hydrogen) atoms. The molecule has 1 aromatic carbocycles. The average Bonchev–Trinajstić information content (AvgIpc) is 2.17. The predicted molar refractivity (Wildman–Crippen MR) is 66.5 cm³/mol. The highest BCUT2D eigenvalue weighted by atomic mass is 32.2. The Bertz CT molecular complexity index is 365. The van der Waals surface area contributed by atoms with Crippen LogP contribution in [0.25, 0.3) is 5.70 Å². The largest absolute Gasteiger partial charge is 0.305 e.